The van der Waals surface area contributed by atoms with Crippen molar-refractivity contribution in [2.24, 2.45) is 0 Å². The summed E-state index contributed by atoms with van der Waals surface area (Å²) in [4.78, 5) is 12.4. The molecule has 1 aliphatic heterocycles. The van der Waals surface area contributed by atoms with Crippen LogP contribution in [0.4, 0.5) is 8.78 Å². The molecule has 0 aliphatic carbocycles. The molecule has 0 saturated carbocycles. The summed E-state index contributed by atoms with van der Waals surface area (Å²) in [7, 11) is -3.60. The summed E-state index contributed by atoms with van der Waals surface area (Å²) < 4.78 is 60.3. The second-order valence-corrected chi connectivity index (χ2v) is 8.51. The maximum atomic E-state index is 12.6. The molecule has 30 heavy (non-hydrogen) atoms. The van der Waals surface area contributed by atoms with Crippen LogP contribution in [0.25, 0.3) is 0 Å². The molecule has 0 unspecified atom stereocenters. The van der Waals surface area contributed by atoms with Gasteiger partial charge in [-0.2, -0.15) is 13.1 Å². The van der Waals surface area contributed by atoms with E-state index in [0.29, 0.717) is 44.8 Å². The van der Waals surface area contributed by atoms with Gasteiger partial charge in [-0.15, -0.1) is 0 Å². The third kappa shape index (κ3) is 5.74. The van der Waals surface area contributed by atoms with Crippen LogP contribution in [0.2, 0.25) is 0 Å². The van der Waals surface area contributed by atoms with E-state index in [-0.39, 0.29) is 16.6 Å². The molecule has 2 aromatic carbocycles. The van der Waals surface area contributed by atoms with E-state index in [4.69, 9.17) is 4.74 Å². The predicted octanol–water partition coefficient (Wildman–Crippen LogP) is 2.28. The van der Waals surface area contributed by atoms with Crippen molar-refractivity contribution >= 4 is 15.9 Å². The maximum Gasteiger partial charge on any atom is 0.387 e. The second-order valence-electron chi connectivity index (χ2n) is 6.57. The molecule has 162 valence electrons. The number of hydrogen-bond donors (Lipinski definition) is 1. The molecule has 0 spiro atoms. The van der Waals surface area contributed by atoms with Crippen molar-refractivity contribution in [1.29, 1.82) is 0 Å². The highest BCUT2D eigenvalue weighted by Gasteiger charge is 2.26. The first-order chi connectivity index (χ1) is 14.4. The van der Waals surface area contributed by atoms with Gasteiger partial charge in [0.2, 0.25) is 10.0 Å². The number of carbonyl (C=O) groups is 1. The van der Waals surface area contributed by atoms with Crippen LogP contribution in [0.15, 0.2) is 53.4 Å². The summed E-state index contributed by atoms with van der Waals surface area (Å²) in [5.41, 5.74) is 1.19. The first-order valence-corrected chi connectivity index (χ1v) is 10.8. The highest BCUT2D eigenvalue weighted by molar-refractivity contribution is 7.89. The molecular weight excluding hydrogens is 418 g/mol. The van der Waals surface area contributed by atoms with Crippen molar-refractivity contribution in [2.75, 3.05) is 32.8 Å². The van der Waals surface area contributed by atoms with Crippen LogP contribution in [-0.4, -0.2) is 58.1 Å². The molecule has 1 saturated heterocycles. The molecule has 0 atom stereocenters. The van der Waals surface area contributed by atoms with Gasteiger partial charge < -0.3 is 14.8 Å². The number of nitrogens with zero attached hydrogens (tertiary/aromatic N) is 1. The highest BCUT2D eigenvalue weighted by Crippen LogP contribution is 2.18. The van der Waals surface area contributed by atoms with Crippen LogP contribution in [-0.2, 0) is 21.2 Å². The number of alkyl halides is 2. The van der Waals surface area contributed by atoms with E-state index in [1.807, 2.05) is 0 Å². The summed E-state index contributed by atoms with van der Waals surface area (Å²) in [6.07, 6.45) is 0.504. The zero-order valence-electron chi connectivity index (χ0n) is 16.1. The van der Waals surface area contributed by atoms with Crippen LogP contribution < -0.4 is 10.1 Å². The number of benzene rings is 2. The number of nitrogens with one attached hydrogen (secondary N) is 1. The van der Waals surface area contributed by atoms with E-state index in [1.165, 1.54) is 40.7 Å². The van der Waals surface area contributed by atoms with Crippen molar-refractivity contribution in [3.8, 4) is 5.75 Å². The monoisotopic (exact) mass is 440 g/mol. The predicted molar refractivity (Wildman–Crippen MR) is 105 cm³/mol. The standard InChI is InChI=1S/C20H22F2N2O5S/c21-20(22)29-17-5-1-15(2-6-17)9-10-23-19(25)16-3-7-18(8-4-16)30(26,27)24-11-13-28-14-12-24/h1-8,20H,9-14H2,(H,23,25). The van der Waals surface area contributed by atoms with Gasteiger partial charge in [-0.1, -0.05) is 12.1 Å². The van der Waals surface area contributed by atoms with Gasteiger partial charge in [0.15, 0.2) is 0 Å². The zero-order valence-corrected chi connectivity index (χ0v) is 16.9. The summed E-state index contributed by atoms with van der Waals surface area (Å²) in [5.74, 6) is -0.257. The van der Waals surface area contributed by atoms with Gasteiger partial charge in [-0.3, -0.25) is 4.79 Å². The van der Waals surface area contributed by atoms with Crippen molar-refractivity contribution < 1.29 is 31.5 Å². The lowest BCUT2D eigenvalue weighted by atomic mass is 10.1. The smallest absolute Gasteiger partial charge is 0.387 e. The van der Waals surface area contributed by atoms with Crippen molar-refractivity contribution in [1.82, 2.24) is 9.62 Å². The molecule has 1 heterocycles. The van der Waals surface area contributed by atoms with E-state index >= 15 is 0 Å². The molecule has 7 nitrogen and oxygen atoms in total. The van der Waals surface area contributed by atoms with Crippen LogP contribution in [0, 0.1) is 0 Å². The Morgan fingerprint density at radius 3 is 2.30 bits per heavy atom. The van der Waals surface area contributed by atoms with Gasteiger partial charge >= 0.3 is 6.61 Å². The fourth-order valence-corrected chi connectivity index (χ4v) is 4.38. The molecule has 0 aromatic heterocycles. The van der Waals surface area contributed by atoms with Crippen molar-refractivity contribution in [3.63, 3.8) is 0 Å². The molecule has 1 aliphatic rings. The number of morpholine rings is 1. The van der Waals surface area contributed by atoms with E-state index in [2.05, 4.69) is 10.1 Å². The Kier molecular flexibility index (Phi) is 7.35. The topological polar surface area (TPSA) is 84.9 Å². The fraction of sp³-hybridized carbons (Fsp3) is 0.350. The van der Waals surface area contributed by atoms with E-state index in [9.17, 15) is 22.0 Å². The highest BCUT2D eigenvalue weighted by atomic mass is 32.2. The Hall–Kier alpha value is -2.56. The van der Waals surface area contributed by atoms with Crippen molar-refractivity contribution in [3.05, 3.63) is 59.7 Å². The summed E-state index contributed by atoms with van der Waals surface area (Å²) in [5, 5.41) is 2.75. The second kappa shape index (κ2) is 9.96. The Bertz CT molecular complexity index is 944. The third-order valence-corrected chi connectivity index (χ3v) is 6.48. The number of ether oxygens (including phenoxy) is 2. The molecule has 2 aromatic rings. The van der Waals surface area contributed by atoms with Crippen LogP contribution >= 0.6 is 0 Å². The van der Waals surface area contributed by atoms with Crippen LogP contribution in [0.3, 0.4) is 0 Å². The van der Waals surface area contributed by atoms with Crippen LogP contribution in [0.1, 0.15) is 15.9 Å². The largest absolute Gasteiger partial charge is 0.435 e. The molecule has 1 fully saturated rings. The zero-order chi connectivity index (χ0) is 21.6. The lowest BCUT2D eigenvalue weighted by Gasteiger charge is -2.26. The number of amides is 1. The van der Waals surface area contributed by atoms with E-state index in [1.54, 1.807) is 12.1 Å². The summed E-state index contributed by atoms with van der Waals surface area (Å²) >= 11 is 0. The Balaban J connectivity index is 1.52. The molecule has 1 N–H and O–H groups in total. The quantitative estimate of drug-likeness (QED) is 0.681. The Labute approximate surface area is 173 Å². The average molecular weight is 440 g/mol. The number of sulfonamides is 1. The lowest BCUT2D eigenvalue weighted by Crippen LogP contribution is -2.40. The van der Waals surface area contributed by atoms with Crippen molar-refractivity contribution in [2.45, 2.75) is 17.9 Å². The lowest BCUT2D eigenvalue weighted by molar-refractivity contribution is -0.0498. The third-order valence-electron chi connectivity index (χ3n) is 4.57. The van der Waals surface area contributed by atoms with Gasteiger partial charge in [-0.05, 0) is 48.4 Å². The molecule has 0 radical (unpaired) electrons. The summed E-state index contributed by atoms with van der Waals surface area (Å²) in [6.45, 7) is -1.20. The number of rotatable bonds is 8. The van der Waals surface area contributed by atoms with Gasteiger partial charge in [0.25, 0.3) is 5.91 Å². The number of halogens is 2. The Morgan fingerprint density at radius 1 is 1.07 bits per heavy atom. The van der Waals surface area contributed by atoms with E-state index in [0.717, 1.165) is 5.56 Å². The first kappa shape index (κ1) is 22.1. The van der Waals surface area contributed by atoms with E-state index < -0.39 is 16.6 Å². The minimum absolute atomic E-state index is 0.0740. The minimum atomic E-state index is -3.60. The molecule has 10 heteroatoms. The first-order valence-electron chi connectivity index (χ1n) is 9.36. The SMILES string of the molecule is O=C(NCCc1ccc(OC(F)F)cc1)c1ccc(S(=O)(=O)N2CCOCC2)cc1. The van der Waals surface area contributed by atoms with Crippen LogP contribution in [0.5, 0.6) is 5.75 Å². The Morgan fingerprint density at radius 2 is 1.70 bits per heavy atom. The van der Waals surface area contributed by atoms with Gasteiger partial charge in [0.05, 0.1) is 18.1 Å². The number of carbonyl (C=O) groups excluding carboxylic acids is 1. The fourth-order valence-electron chi connectivity index (χ4n) is 2.97. The normalized spacial score (nSPS) is 15.2. The molecular formula is C20H22F2N2O5S. The number of hydrogen-bond acceptors (Lipinski definition) is 5. The molecule has 0 bridgehead atoms. The minimum Gasteiger partial charge on any atom is -0.435 e. The molecule has 1 amide bonds. The van der Waals surface area contributed by atoms with Gasteiger partial charge in [-0.25, -0.2) is 8.42 Å². The van der Waals surface area contributed by atoms with Gasteiger partial charge in [0.1, 0.15) is 5.75 Å². The maximum absolute atomic E-state index is 12.6. The average Bonchev–Trinajstić information content (AvgIpc) is 2.75. The van der Waals surface area contributed by atoms with Gasteiger partial charge in [0, 0.05) is 25.2 Å². The summed E-state index contributed by atoms with van der Waals surface area (Å²) in [6, 6.07) is 12.0. The molecule has 3 rings (SSSR count).